The van der Waals surface area contributed by atoms with Gasteiger partial charge in [-0.1, -0.05) is 19.3 Å². The summed E-state index contributed by atoms with van der Waals surface area (Å²) < 4.78 is 18.1. The third kappa shape index (κ3) is 5.06. The van der Waals surface area contributed by atoms with E-state index in [0.717, 1.165) is 30.9 Å². The van der Waals surface area contributed by atoms with Crippen molar-refractivity contribution in [3.05, 3.63) is 23.7 Å². The molecule has 0 spiro atoms. The van der Waals surface area contributed by atoms with Gasteiger partial charge >= 0.3 is 0 Å². The Balaban J connectivity index is 1.84. The van der Waals surface area contributed by atoms with E-state index >= 15 is 0 Å². The van der Waals surface area contributed by atoms with Crippen molar-refractivity contribution in [1.29, 1.82) is 0 Å². The Bertz CT molecular complexity index is 442. The molecule has 1 N–H and O–H groups in total. The molecule has 1 aliphatic carbocycles. The lowest BCUT2D eigenvalue weighted by atomic mass is 10.0. The van der Waals surface area contributed by atoms with Gasteiger partial charge < -0.3 is 9.73 Å². The van der Waals surface area contributed by atoms with Crippen LogP contribution >= 0.6 is 0 Å². The van der Waals surface area contributed by atoms with Gasteiger partial charge in [-0.05, 0) is 45.7 Å². The maximum atomic E-state index is 12.3. The molecule has 0 bridgehead atoms. The number of rotatable bonds is 5. The van der Waals surface area contributed by atoms with Crippen LogP contribution in [0.3, 0.4) is 0 Å². The van der Waals surface area contributed by atoms with Gasteiger partial charge in [0.05, 0.1) is 12.3 Å². The lowest BCUT2D eigenvalue weighted by molar-refractivity contribution is 0.381. The lowest BCUT2D eigenvalue weighted by Crippen LogP contribution is -2.34. The van der Waals surface area contributed by atoms with Crippen LogP contribution in [0, 0.1) is 0 Å². The number of hydrogen-bond donors (Lipinski definition) is 1. The number of nitrogens with one attached hydrogen (secondary N) is 1. The molecule has 114 valence electrons. The van der Waals surface area contributed by atoms with E-state index < -0.39 is 10.8 Å². The summed E-state index contributed by atoms with van der Waals surface area (Å²) in [6, 6.07) is 3.96. The number of hydrogen-bond acceptors (Lipinski definition) is 3. The Kier molecular flexibility index (Phi) is 5.44. The van der Waals surface area contributed by atoms with Gasteiger partial charge in [0.2, 0.25) is 0 Å². The van der Waals surface area contributed by atoms with Crippen LogP contribution in [0.5, 0.6) is 0 Å². The monoisotopic (exact) mass is 297 g/mol. The van der Waals surface area contributed by atoms with Crippen LogP contribution in [0.1, 0.15) is 64.4 Å². The third-order valence-electron chi connectivity index (χ3n) is 3.72. The molecular weight excluding hydrogens is 270 g/mol. The molecule has 1 heterocycles. The Morgan fingerprint density at radius 2 is 1.85 bits per heavy atom. The number of furan rings is 1. The summed E-state index contributed by atoms with van der Waals surface area (Å²) in [5, 5.41) is 3.78. The van der Waals surface area contributed by atoms with E-state index in [1.54, 1.807) is 0 Å². The molecule has 0 aromatic carbocycles. The van der Waals surface area contributed by atoms with E-state index in [2.05, 4.69) is 26.1 Å². The topological polar surface area (TPSA) is 42.2 Å². The molecule has 1 saturated carbocycles. The Morgan fingerprint density at radius 3 is 2.50 bits per heavy atom. The predicted octanol–water partition coefficient (Wildman–Crippen LogP) is 3.75. The van der Waals surface area contributed by atoms with Crippen molar-refractivity contribution >= 4 is 10.8 Å². The summed E-state index contributed by atoms with van der Waals surface area (Å²) in [6.45, 7) is 7.12. The Hall–Kier alpha value is -0.610. The first-order chi connectivity index (χ1) is 9.44. The first kappa shape index (κ1) is 15.8. The Morgan fingerprint density at radius 1 is 1.20 bits per heavy atom. The summed E-state index contributed by atoms with van der Waals surface area (Å²) >= 11 is 0. The zero-order chi connectivity index (χ0) is 14.6. The van der Waals surface area contributed by atoms with E-state index in [4.69, 9.17) is 4.42 Å². The summed E-state index contributed by atoms with van der Waals surface area (Å²) in [4.78, 5) is 0. The average Bonchev–Trinajstić information content (AvgIpc) is 2.84. The second-order valence-electron chi connectivity index (χ2n) is 6.76. The standard InChI is InChI=1S/C16H27NO2S/c1-16(2,3)17-11-13-9-10-14(19-13)12-20(18)15-7-5-4-6-8-15/h9-10,15,17H,4-8,11-12H2,1-3H3. The maximum absolute atomic E-state index is 12.3. The fourth-order valence-corrected chi connectivity index (χ4v) is 4.06. The molecule has 1 aliphatic rings. The van der Waals surface area contributed by atoms with Crippen molar-refractivity contribution in [1.82, 2.24) is 5.32 Å². The van der Waals surface area contributed by atoms with Crippen LogP contribution in [-0.2, 0) is 23.1 Å². The summed E-state index contributed by atoms with van der Waals surface area (Å²) in [5.74, 6) is 2.36. The van der Waals surface area contributed by atoms with Crippen LogP contribution in [0.25, 0.3) is 0 Å². The van der Waals surface area contributed by atoms with E-state index in [1.165, 1.54) is 19.3 Å². The minimum Gasteiger partial charge on any atom is -0.464 e. The van der Waals surface area contributed by atoms with Gasteiger partial charge in [-0.15, -0.1) is 0 Å². The van der Waals surface area contributed by atoms with E-state index in [9.17, 15) is 4.21 Å². The Labute approximate surface area is 125 Å². The molecule has 1 aromatic rings. The van der Waals surface area contributed by atoms with Gasteiger partial charge in [-0.2, -0.15) is 0 Å². The highest BCUT2D eigenvalue weighted by Crippen LogP contribution is 2.24. The second-order valence-corrected chi connectivity index (χ2v) is 8.47. The van der Waals surface area contributed by atoms with Crippen molar-refractivity contribution in [2.45, 2.75) is 76.0 Å². The molecule has 0 saturated heterocycles. The first-order valence-corrected chi connectivity index (χ1v) is 9.02. The van der Waals surface area contributed by atoms with E-state index in [-0.39, 0.29) is 5.54 Å². The zero-order valence-corrected chi connectivity index (χ0v) is 13.7. The fourth-order valence-electron chi connectivity index (χ4n) is 2.53. The molecule has 3 nitrogen and oxygen atoms in total. The molecule has 0 aliphatic heterocycles. The van der Waals surface area contributed by atoms with Crippen molar-refractivity contribution in [3.8, 4) is 0 Å². The largest absolute Gasteiger partial charge is 0.464 e. The molecule has 1 atom stereocenters. The van der Waals surface area contributed by atoms with E-state index in [1.807, 2.05) is 12.1 Å². The predicted molar refractivity (Wildman–Crippen MR) is 84.0 cm³/mol. The highest BCUT2D eigenvalue weighted by atomic mass is 32.2. The van der Waals surface area contributed by atoms with Crippen molar-refractivity contribution < 1.29 is 8.63 Å². The molecule has 2 rings (SSSR count). The molecule has 1 fully saturated rings. The van der Waals surface area contributed by atoms with Gasteiger partial charge in [0.25, 0.3) is 0 Å². The van der Waals surface area contributed by atoms with Crippen molar-refractivity contribution in [3.63, 3.8) is 0 Å². The minimum absolute atomic E-state index is 0.0812. The van der Waals surface area contributed by atoms with Gasteiger partial charge in [-0.25, -0.2) is 0 Å². The van der Waals surface area contributed by atoms with Gasteiger partial charge in [0.15, 0.2) is 0 Å². The quantitative estimate of drug-likeness (QED) is 0.900. The van der Waals surface area contributed by atoms with Crippen LogP contribution in [0.15, 0.2) is 16.5 Å². The lowest BCUT2D eigenvalue weighted by Gasteiger charge is -2.20. The highest BCUT2D eigenvalue weighted by molar-refractivity contribution is 7.84. The summed E-state index contributed by atoms with van der Waals surface area (Å²) in [6.07, 6.45) is 6.00. The molecule has 4 heteroatoms. The maximum Gasteiger partial charge on any atom is 0.118 e. The SMILES string of the molecule is CC(C)(C)NCc1ccc(CS(=O)C2CCCCC2)o1. The molecule has 0 amide bonds. The molecule has 0 radical (unpaired) electrons. The first-order valence-electron chi connectivity index (χ1n) is 7.64. The van der Waals surface area contributed by atoms with Crippen LogP contribution in [0.4, 0.5) is 0 Å². The molecule has 20 heavy (non-hydrogen) atoms. The van der Waals surface area contributed by atoms with Gasteiger partial charge in [0, 0.05) is 21.6 Å². The van der Waals surface area contributed by atoms with Crippen LogP contribution in [-0.4, -0.2) is 15.0 Å². The average molecular weight is 297 g/mol. The zero-order valence-electron chi connectivity index (χ0n) is 12.9. The van der Waals surface area contributed by atoms with Crippen LogP contribution < -0.4 is 5.32 Å². The van der Waals surface area contributed by atoms with Gasteiger partial charge in [0.1, 0.15) is 11.5 Å². The van der Waals surface area contributed by atoms with E-state index in [0.29, 0.717) is 11.0 Å². The van der Waals surface area contributed by atoms with Crippen LogP contribution in [0.2, 0.25) is 0 Å². The van der Waals surface area contributed by atoms with Gasteiger partial charge in [-0.3, -0.25) is 4.21 Å². The van der Waals surface area contributed by atoms with Crippen molar-refractivity contribution in [2.24, 2.45) is 0 Å². The minimum atomic E-state index is -0.779. The summed E-state index contributed by atoms with van der Waals surface area (Å²) in [5.41, 5.74) is 0.0812. The second kappa shape index (κ2) is 6.90. The molecule has 1 aromatic heterocycles. The van der Waals surface area contributed by atoms with Crippen molar-refractivity contribution in [2.75, 3.05) is 0 Å². The fraction of sp³-hybridized carbons (Fsp3) is 0.750. The molecular formula is C16H27NO2S. The summed E-state index contributed by atoms with van der Waals surface area (Å²) in [7, 11) is -0.779. The molecule has 1 unspecified atom stereocenters. The highest BCUT2D eigenvalue weighted by Gasteiger charge is 2.21. The third-order valence-corrected chi connectivity index (χ3v) is 5.50. The normalized spacial score (nSPS) is 19.1. The smallest absolute Gasteiger partial charge is 0.118 e.